The maximum Gasteiger partial charge on any atom is 0.405 e. The van der Waals surface area contributed by atoms with Crippen LogP contribution in [0.4, 0.5) is 4.79 Å². The average molecular weight is 384 g/mol. The Bertz CT molecular complexity index is 1010. The molecule has 7 nitrogen and oxygen atoms in total. The lowest BCUT2D eigenvalue weighted by Crippen LogP contribution is -2.36. The predicted octanol–water partition coefficient (Wildman–Crippen LogP) is 3.81. The molecule has 3 aromatic rings. The molecular weight excluding hydrogens is 364 g/mol. The van der Waals surface area contributed by atoms with Gasteiger partial charge in [-0.05, 0) is 35.7 Å². The molecule has 0 aliphatic heterocycles. The van der Waals surface area contributed by atoms with Gasteiger partial charge in [0.1, 0.15) is 5.01 Å². The first kappa shape index (κ1) is 18.8. The van der Waals surface area contributed by atoms with Crippen LogP contribution in [0.2, 0.25) is 0 Å². The molecule has 0 fully saturated rings. The number of carboxylic acid groups (broad SMARTS) is 1. The van der Waals surface area contributed by atoms with Crippen molar-refractivity contribution in [3.63, 3.8) is 0 Å². The van der Waals surface area contributed by atoms with Crippen molar-refractivity contribution in [3.05, 3.63) is 47.8 Å². The van der Waals surface area contributed by atoms with Gasteiger partial charge in [-0.15, -0.1) is 11.3 Å². The van der Waals surface area contributed by atoms with Gasteiger partial charge in [0.15, 0.2) is 0 Å². The highest BCUT2D eigenvalue weighted by Crippen LogP contribution is 2.34. The first-order valence-corrected chi connectivity index (χ1v) is 9.13. The molecule has 8 heteroatoms. The van der Waals surface area contributed by atoms with Crippen molar-refractivity contribution in [1.29, 1.82) is 0 Å². The van der Waals surface area contributed by atoms with Gasteiger partial charge in [-0.1, -0.05) is 20.8 Å². The Labute approximate surface area is 160 Å². The van der Waals surface area contributed by atoms with Crippen LogP contribution in [0.1, 0.15) is 42.9 Å². The lowest BCUT2D eigenvalue weighted by atomic mass is 9.84. The number of nitrogens with zero attached hydrogens (tertiary/aromatic N) is 2. The van der Waals surface area contributed by atoms with Gasteiger partial charge in [0.25, 0.3) is 0 Å². The van der Waals surface area contributed by atoms with Gasteiger partial charge in [0.2, 0.25) is 5.91 Å². The van der Waals surface area contributed by atoms with Crippen LogP contribution in [0.15, 0.2) is 36.5 Å². The molecule has 1 unspecified atom stereocenters. The molecule has 1 atom stereocenters. The van der Waals surface area contributed by atoms with E-state index in [1.807, 2.05) is 32.9 Å². The number of carbonyl (C=O) groups excluding carboxylic acids is 1. The molecule has 3 rings (SSSR count). The molecule has 2 aromatic heterocycles. The minimum absolute atomic E-state index is 0.325. The summed E-state index contributed by atoms with van der Waals surface area (Å²) in [5.41, 5.74) is 7.69. The zero-order valence-corrected chi connectivity index (χ0v) is 16.0. The van der Waals surface area contributed by atoms with Crippen molar-refractivity contribution in [2.45, 2.75) is 26.8 Å². The second-order valence-electron chi connectivity index (χ2n) is 7.29. The molecule has 4 N–H and O–H groups in total. The lowest BCUT2D eigenvalue weighted by molar-refractivity contribution is 0.100. The number of carbonyl (C=O) groups is 2. The summed E-state index contributed by atoms with van der Waals surface area (Å²) in [5, 5.41) is 12.4. The Kier molecular flexibility index (Phi) is 4.84. The zero-order valence-electron chi connectivity index (χ0n) is 15.2. The van der Waals surface area contributed by atoms with Gasteiger partial charge in [-0.3, -0.25) is 9.78 Å². The maximum atomic E-state index is 11.3. The first-order chi connectivity index (χ1) is 12.6. The number of amides is 2. The maximum absolute atomic E-state index is 11.3. The number of fused-ring (bicyclic) bond motifs is 1. The minimum Gasteiger partial charge on any atom is -0.465 e. The van der Waals surface area contributed by atoms with Crippen molar-refractivity contribution in [2.24, 2.45) is 11.1 Å². The van der Waals surface area contributed by atoms with E-state index in [4.69, 9.17) is 10.8 Å². The third kappa shape index (κ3) is 4.06. The first-order valence-electron chi connectivity index (χ1n) is 8.31. The van der Waals surface area contributed by atoms with Gasteiger partial charge in [0.05, 0.1) is 22.0 Å². The molecule has 0 aliphatic carbocycles. The average Bonchev–Trinajstić information content (AvgIpc) is 3.02. The third-order valence-corrected chi connectivity index (χ3v) is 5.20. The van der Waals surface area contributed by atoms with E-state index >= 15 is 0 Å². The number of nitrogens with two attached hydrogens (primary N) is 1. The van der Waals surface area contributed by atoms with Gasteiger partial charge in [-0.25, -0.2) is 9.78 Å². The van der Waals surface area contributed by atoms with Crippen molar-refractivity contribution in [2.75, 3.05) is 0 Å². The van der Waals surface area contributed by atoms with Gasteiger partial charge >= 0.3 is 6.09 Å². The van der Waals surface area contributed by atoms with Gasteiger partial charge in [0, 0.05) is 17.3 Å². The number of primary amides is 1. The summed E-state index contributed by atoms with van der Waals surface area (Å²) in [5.74, 6) is -0.475. The summed E-state index contributed by atoms with van der Waals surface area (Å²) < 4.78 is 0.866. The highest BCUT2D eigenvalue weighted by molar-refractivity contribution is 7.21. The van der Waals surface area contributed by atoms with E-state index in [1.165, 1.54) is 11.3 Å². The fourth-order valence-corrected chi connectivity index (χ4v) is 3.76. The van der Waals surface area contributed by atoms with Crippen LogP contribution in [-0.4, -0.2) is 27.1 Å². The Morgan fingerprint density at radius 2 is 1.96 bits per heavy atom. The van der Waals surface area contributed by atoms with Crippen LogP contribution >= 0.6 is 11.3 Å². The number of hydrogen-bond donors (Lipinski definition) is 3. The van der Waals surface area contributed by atoms with Crippen LogP contribution in [-0.2, 0) is 0 Å². The molecule has 140 valence electrons. The second kappa shape index (κ2) is 6.96. The minimum atomic E-state index is -1.09. The largest absolute Gasteiger partial charge is 0.465 e. The number of hydrogen-bond acceptors (Lipinski definition) is 5. The molecule has 27 heavy (non-hydrogen) atoms. The van der Waals surface area contributed by atoms with Crippen molar-refractivity contribution in [3.8, 4) is 10.6 Å². The quantitative estimate of drug-likeness (QED) is 0.632. The lowest BCUT2D eigenvalue weighted by Gasteiger charge is -2.30. The summed E-state index contributed by atoms with van der Waals surface area (Å²) in [6.45, 7) is 5.85. The number of pyridine rings is 1. The second-order valence-corrected chi connectivity index (χ2v) is 8.32. The van der Waals surface area contributed by atoms with Crippen LogP contribution in [0.5, 0.6) is 0 Å². The molecule has 0 saturated heterocycles. The standard InChI is InChI=1S/C19H20N4O3S/c1-19(2,3)15(23-18(25)26)13-7-5-11(9-21-13)17-22-12-6-4-10(16(20)24)8-14(12)27-17/h4-9,15,23H,1-3H3,(H2,20,24)(H,25,26). The smallest absolute Gasteiger partial charge is 0.405 e. The Balaban J connectivity index is 1.93. The highest BCUT2D eigenvalue weighted by atomic mass is 32.1. The van der Waals surface area contributed by atoms with E-state index in [0.717, 1.165) is 20.8 Å². The topological polar surface area (TPSA) is 118 Å². The third-order valence-electron chi connectivity index (χ3n) is 4.14. The van der Waals surface area contributed by atoms with Crippen LogP contribution in [0.25, 0.3) is 20.8 Å². The molecule has 0 bridgehead atoms. The van der Waals surface area contributed by atoms with E-state index in [2.05, 4.69) is 15.3 Å². The fraction of sp³-hybridized carbons (Fsp3) is 0.263. The van der Waals surface area contributed by atoms with E-state index in [9.17, 15) is 9.59 Å². The molecule has 2 heterocycles. The number of aromatic nitrogens is 2. The van der Waals surface area contributed by atoms with Crippen molar-refractivity contribution < 1.29 is 14.7 Å². The van der Waals surface area contributed by atoms with E-state index < -0.39 is 18.0 Å². The van der Waals surface area contributed by atoms with Crippen molar-refractivity contribution in [1.82, 2.24) is 15.3 Å². The molecule has 1 aromatic carbocycles. The fourth-order valence-electron chi connectivity index (χ4n) is 2.76. The monoisotopic (exact) mass is 384 g/mol. The SMILES string of the molecule is CC(C)(C)C(NC(=O)O)c1ccc(-c2nc3ccc(C(N)=O)cc3s2)cn1. The predicted molar refractivity (Wildman–Crippen MR) is 105 cm³/mol. The molecular formula is C19H20N4O3S. The molecule has 0 saturated carbocycles. The van der Waals surface area contributed by atoms with E-state index in [-0.39, 0.29) is 5.41 Å². The summed E-state index contributed by atoms with van der Waals surface area (Å²) in [6, 6.07) is 8.40. The molecule has 0 radical (unpaired) electrons. The van der Waals surface area contributed by atoms with Crippen LogP contribution < -0.4 is 11.1 Å². The zero-order chi connectivity index (χ0) is 19.8. The van der Waals surface area contributed by atoms with E-state index in [0.29, 0.717) is 11.3 Å². The summed E-state index contributed by atoms with van der Waals surface area (Å²) in [4.78, 5) is 31.5. The normalized spacial score (nSPS) is 12.7. The number of rotatable bonds is 4. The summed E-state index contributed by atoms with van der Waals surface area (Å²) in [6.07, 6.45) is 0.599. The Morgan fingerprint density at radius 3 is 2.52 bits per heavy atom. The number of benzene rings is 1. The highest BCUT2D eigenvalue weighted by Gasteiger charge is 2.29. The van der Waals surface area contributed by atoms with Crippen LogP contribution in [0.3, 0.4) is 0 Å². The van der Waals surface area contributed by atoms with Gasteiger partial charge < -0.3 is 16.2 Å². The number of nitrogens with one attached hydrogen (secondary N) is 1. The summed E-state index contributed by atoms with van der Waals surface area (Å²) >= 11 is 1.44. The molecule has 0 spiro atoms. The molecule has 2 amide bonds. The molecule has 0 aliphatic rings. The summed E-state index contributed by atoms with van der Waals surface area (Å²) in [7, 11) is 0. The van der Waals surface area contributed by atoms with Crippen LogP contribution in [0, 0.1) is 5.41 Å². The number of thiazole rings is 1. The van der Waals surface area contributed by atoms with E-state index in [1.54, 1.807) is 24.4 Å². The Morgan fingerprint density at radius 1 is 1.22 bits per heavy atom. The van der Waals surface area contributed by atoms with Crippen molar-refractivity contribution >= 4 is 33.6 Å². The Hall–Kier alpha value is -3.00. The van der Waals surface area contributed by atoms with Gasteiger partial charge in [-0.2, -0.15) is 0 Å².